The Morgan fingerprint density at radius 1 is 1.52 bits per heavy atom. The Bertz CT molecular complexity index is 771. The van der Waals surface area contributed by atoms with Gasteiger partial charge in [-0.2, -0.15) is 0 Å². The standard InChI is InChI=1S/C17H22FN5O4/c1-26-6-5-19-17(25)20-16-14(24)10-27-15(16)9-23-8-13(21-22-23)11-3-2-4-12(18)7-11/h2-4,7-8,14-16,24H,5-6,9-10H2,1H3,(H2,19,20,25)/t14-,15+,16+/m0/s1. The van der Waals surface area contributed by atoms with Crippen LogP contribution in [0.3, 0.4) is 0 Å². The van der Waals surface area contributed by atoms with E-state index in [1.807, 2.05) is 0 Å². The number of hydrogen-bond donors (Lipinski definition) is 3. The van der Waals surface area contributed by atoms with Gasteiger partial charge in [-0.25, -0.2) is 13.9 Å². The number of amides is 2. The number of urea groups is 1. The number of carbonyl (C=O) groups excluding carboxylic acids is 1. The number of rotatable bonds is 7. The second kappa shape index (κ2) is 8.89. The van der Waals surface area contributed by atoms with Gasteiger partial charge in [-0.05, 0) is 12.1 Å². The van der Waals surface area contributed by atoms with Gasteiger partial charge in [0.2, 0.25) is 0 Å². The van der Waals surface area contributed by atoms with Crippen LogP contribution in [0.5, 0.6) is 0 Å². The van der Waals surface area contributed by atoms with Crippen molar-refractivity contribution in [1.82, 2.24) is 25.6 Å². The molecule has 1 fully saturated rings. The van der Waals surface area contributed by atoms with E-state index >= 15 is 0 Å². The van der Waals surface area contributed by atoms with Crippen molar-refractivity contribution < 1.29 is 23.8 Å². The maximum Gasteiger partial charge on any atom is 0.315 e. The van der Waals surface area contributed by atoms with E-state index in [0.717, 1.165) is 0 Å². The quantitative estimate of drug-likeness (QED) is 0.591. The fourth-order valence-electron chi connectivity index (χ4n) is 2.85. The van der Waals surface area contributed by atoms with E-state index in [9.17, 15) is 14.3 Å². The highest BCUT2D eigenvalue weighted by atomic mass is 19.1. The second-order valence-electron chi connectivity index (χ2n) is 6.19. The summed E-state index contributed by atoms with van der Waals surface area (Å²) in [5.74, 6) is -0.354. The summed E-state index contributed by atoms with van der Waals surface area (Å²) in [5, 5.41) is 23.5. The van der Waals surface area contributed by atoms with Gasteiger partial charge in [0.25, 0.3) is 0 Å². The van der Waals surface area contributed by atoms with Gasteiger partial charge in [0.15, 0.2) is 0 Å². The summed E-state index contributed by atoms with van der Waals surface area (Å²) in [6, 6.07) is 5.07. The van der Waals surface area contributed by atoms with Gasteiger partial charge in [-0.1, -0.05) is 17.3 Å². The summed E-state index contributed by atoms with van der Waals surface area (Å²) in [6.07, 6.45) is 0.364. The Balaban J connectivity index is 1.61. The minimum absolute atomic E-state index is 0.110. The zero-order chi connectivity index (χ0) is 19.2. The topological polar surface area (TPSA) is 111 Å². The molecular weight excluding hydrogens is 357 g/mol. The first-order chi connectivity index (χ1) is 13.1. The third kappa shape index (κ3) is 5.00. The van der Waals surface area contributed by atoms with Crippen LogP contribution in [0.15, 0.2) is 30.5 Å². The summed E-state index contributed by atoms with van der Waals surface area (Å²) in [5.41, 5.74) is 1.13. The lowest BCUT2D eigenvalue weighted by Gasteiger charge is -2.21. The van der Waals surface area contributed by atoms with Gasteiger partial charge in [0.05, 0.1) is 32.0 Å². The molecule has 2 heterocycles. The van der Waals surface area contributed by atoms with Crippen molar-refractivity contribution in [3.05, 3.63) is 36.3 Å². The summed E-state index contributed by atoms with van der Waals surface area (Å²) in [7, 11) is 1.54. The Morgan fingerprint density at radius 3 is 3.15 bits per heavy atom. The van der Waals surface area contributed by atoms with E-state index in [4.69, 9.17) is 9.47 Å². The molecule has 3 rings (SSSR count). The predicted molar refractivity (Wildman–Crippen MR) is 93.4 cm³/mol. The van der Waals surface area contributed by atoms with Crippen molar-refractivity contribution in [3.63, 3.8) is 0 Å². The summed E-state index contributed by atoms with van der Waals surface area (Å²) >= 11 is 0. The van der Waals surface area contributed by atoms with Crippen molar-refractivity contribution in [1.29, 1.82) is 0 Å². The summed E-state index contributed by atoms with van der Waals surface area (Å²) in [6.45, 7) is 1.14. The Kier molecular flexibility index (Phi) is 6.32. The van der Waals surface area contributed by atoms with Gasteiger partial charge < -0.3 is 25.2 Å². The van der Waals surface area contributed by atoms with Crippen molar-refractivity contribution in [2.75, 3.05) is 26.9 Å². The zero-order valence-corrected chi connectivity index (χ0v) is 14.8. The number of nitrogens with one attached hydrogen (secondary N) is 2. The van der Waals surface area contributed by atoms with E-state index in [2.05, 4.69) is 20.9 Å². The highest BCUT2D eigenvalue weighted by Gasteiger charge is 2.37. The largest absolute Gasteiger partial charge is 0.388 e. The lowest BCUT2D eigenvalue weighted by molar-refractivity contribution is 0.0746. The molecular formula is C17H22FN5O4. The molecule has 0 unspecified atom stereocenters. The van der Waals surface area contributed by atoms with Crippen molar-refractivity contribution in [2.24, 2.45) is 0 Å². The van der Waals surface area contributed by atoms with Crippen LogP contribution in [0, 0.1) is 5.82 Å². The first-order valence-electron chi connectivity index (χ1n) is 8.56. The molecule has 2 aromatic rings. The van der Waals surface area contributed by atoms with Gasteiger partial charge >= 0.3 is 6.03 Å². The Hall–Kier alpha value is -2.56. The van der Waals surface area contributed by atoms with Crippen molar-refractivity contribution >= 4 is 6.03 Å². The minimum atomic E-state index is -0.825. The number of ether oxygens (including phenoxy) is 2. The monoisotopic (exact) mass is 379 g/mol. The van der Waals surface area contributed by atoms with Crippen LogP contribution in [-0.4, -0.2) is 71.2 Å². The highest BCUT2D eigenvalue weighted by molar-refractivity contribution is 5.74. The number of aliphatic hydroxyl groups excluding tert-OH is 1. The highest BCUT2D eigenvalue weighted by Crippen LogP contribution is 2.19. The van der Waals surface area contributed by atoms with E-state index in [-0.39, 0.29) is 19.0 Å². The average Bonchev–Trinajstić information content (AvgIpc) is 3.24. The summed E-state index contributed by atoms with van der Waals surface area (Å²) < 4.78 is 25.3. The van der Waals surface area contributed by atoms with Crippen LogP contribution in [0.2, 0.25) is 0 Å². The minimum Gasteiger partial charge on any atom is -0.388 e. The first kappa shape index (κ1) is 19.2. The molecule has 1 aliphatic rings. The number of halogens is 1. The molecule has 0 bridgehead atoms. The fourth-order valence-corrected chi connectivity index (χ4v) is 2.85. The predicted octanol–water partition coefficient (Wildman–Crippen LogP) is 0.158. The molecule has 27 heavy (non-hydrogen) atoms. The molecule has 9 nitrogen and oxygen atoms in total. The van der Waals surface area contributed by atoms with Gasteiger partial charge in [0, 0.05) is 19.2 Å². The SMILES string of the molecule is COCCNC(=O)N[C@@H]1[C@@H](O)CO[C@@H]1Cn1cc(-c2cccc(F)c2)nn1. The first-order valence-corrected chi connectivity index (χ1v) is 8.56. The fraction of sp³-hybridized carbons (Fsp3) is 0.471. The lowest BCUT2D eigenvalue weighted by atomic mass is 10.1. The average molecular weight is 379 g/mol. The van der Waals surface area contributed by atoms with Crippen LogP contribution in [0.1, 0.15) is 0 Å². The lowest BCUT2D eigenvalue weighted by Crippen LogP contribution is -2.51. The van der Waals surface area contributed by atoms with Gasteiger partial charge in [-0.15, -0.1) is 5.10 Å². The molecule has 146 valence electrons. The van der Waals surface area contributed by atoms with E-state index in [1.165, 1.54) is 12.1 Å². The van der Waals surface area contributed by atoms with Crippen LogP contribution in [0.4, 0.5) is 9.18 Å². The number of methoxy groups -OCH3 is 1. The van der Waals surface area contributed by atoms with Crippen LogP contribution in [-0.2, 0) is 16.0 Å². The van der Waals surface area contributed by atoms with Gasteiger partial charge in [0.1, 0.15) is 23.7 Å². The van der Waals surface area contributed by atoms with Crippen molar-refractivity contribution in [3.8, 4) is 11.3 Å². The molecule has 1 saturated heterocycles. The molecule has 0 spiro atoms. The smallest absolute Gasteiger partial charge is 0.315 e. The van der Waals surface area contributed by atoms with Crippen molar-refractivity contribution in [2.45, 2.75) is 24.8 Å². The maximum atomic E-state index is 13.4. The number of nitrogens with zero attached hydrogens (tertiary/aromatic N) is 3. The van der Waals surface area contributed by atoms with Crippen LogP contribution >= 0.6 is 0 Å². The molecule has 1 aliphatic heterocycles. The van der Waals surface area contributed by atoms with E-state index in [1.54, 1.807) is 30.1 Å². The molecule has 1 aromatic carbocycles. The third-order valence-corrected chi connectivity index (χ3v) is 4.21. The normalized spacial score (nSPS) is 22.0. The molecule has 10 heteroatoms. The number of aliphatic hydroxyl groups is 1. The molecule has 1 aromatic heterocycles. The maximum absolute atomic E-state index is 13.4. The number of aromatic nitrogens is 3. The van der Waals surface area contributed by atoms with E-state index in [0.29, 0.717) is 24.4 Å². The number of benzene rings is 1. The number of hydrogen-bond acceptors (Lipinski definition) is 6. The molecule has 0 saturated carbocycles. The second-order valence-corrected chi connectivity index (χ2v) is 6.19. The van der Waals surface area contributed by atoms with Crippen LogP contribution in [0.25, 0.3) is 11.3 Å². The summed E-state index contributed by atoms with van der Waals surface area (Å²) in [4.78, 5) is 11.9. The molecule has 3 N–H and O–H groups in total. The van der Waals surface area contributed by atoms with Crippen LogP contribution < -0.4 is 10.6 Å². The third-order valence-electron chi connectivity index (χ3n) is 4.21. The zero-order valence-electron chi connectivity index (χ0n) is 14.8. The molecule has 0 aliphatic carbocycles. The molecule has 2 amide bonds. The molecule has 3 atom stereocenters. The Morgan fingerprint density at radius 2 is 2.37 bits per heavy atom. The van der Waals surface area contributed by atoms with Gasteiger partial charge in [-0.3, -0.25) is 0 Å². The Labute approximate surface area is 155 Å². The molecule has 0 radical (unpaired) electrons. The van der Waals surface area contributed by atoms with E-state index < -0.39 is 24.3 Å². The number of carbonyl (C=O) groups is 1.